The van der Waals surface area contributed by atoms with Gasteiger partial charge in [0.2, 0.25) is 0 Å². The van der Waals surface area contributed by atoms with E-state index in [9.17, 15) is 81.4 Å². The van der Waals surface area contributed by atoms with Crippen LogP contribution in [0.4, 0.5) is 0 Å². The zero-order valence-corrected chi connectivity index (χ0v) is 47.1. The summed E-state index contributed by atoms with van der Waals surface area (Å²) < 4.78 is 66.5. The maximum atomic E-state index is 12.8. The average Bonchev–Trinajstić information content (AvgIpc) is 4.04. The normalized spacial score (nSPS) is 55.3. The molecule has 6 saturated heterocycles. The Kier molecular flexibility index (Phi) is 18.2. The molecule has 32 unspecified atom stereocenters. The second-order valence-electron chi connectivity index (χ2n) is 25.9. The number of carbonyl (C=O) groups excluding carboxylic acids is 1. The Morgan fingerprint density at radius 1 is 0.537 bits per heavy atom. The Morgan fingerprint density at radius 3 is 1.74 bits per heavy atom. The van der Waals surface area contributed by atoms with Crippen LogP contribution in [0.2, 0.25) is 0 Å². The highest BCUT2D eigenvalue weighted by Crippen LogP contribution is 2.75. The molecule has 0 radical (unpaired) electrons. The summed E-state index contributed by atoms with van der Waals surface area (Å²) in [6.07, 6.45) is -37.4. The van der Waals surface area contributed by atoms with Crippen molar-refractivity contribution in [3.8, 4) is 0 Å². The van der Waals surface area contributed by atoms with Crippen molar-refractivity contribution >= 4 is 5.97 Å². The number of fused-ring (bicyclic) bond motifs is 5. The molecule has 2 saturated carbocycles. The molecule has 0 bridgehead atoms. The van der Waals surface area contributed by atoms with Crippen LogP contribution in [0.3, 0.4) is 0 Å². The standard InChI is InChI=1S/C55H88O27/c1-21-15-31(60)82-55(21)14-13-53(5)24-7-8-29-51(3,23(24)9-12-54(53,55)6)11-10-30(52(29,4)20-58)78-47-41(70)39(68)35(64)28(77-47)19-73-49-44(33(62)25(59)18-72-49)80-50-45(81-46-40(69)37(66)32(61)22(2)74-46)43(36(65)27(17-57)76-50)79-48-42(71)38(67)34(63)26(16-56)75-48/h21-22,25-30,32-50,56-59,61-71H,7-20H2,1-6H3. The van der Waals surface area contributed by atoms with Crippen LogP contribution in [0.25, 0.3) is 0 Å². The van der Waals surface area contributed by atoms with Gasteiger partial charge in [-0.05, 0) is 75.0 Å². The van der Waals surface area contributed by atoms with E-state index in [2.05, 4.69) is 27.7 Å². The van der Waals surface area contributed by atoms with Gasteiger partial charge in [-0.15, -0.1) is 0 Å². The molecule has 0 amide bonds. The number of carbonyl (C=O) groups is 1. The monoisotopic (exact) mass is 1180 g/mol. The first-order chi connectivity index (χ1) is 38.6. The highest BCUT2D eigenvalue weighted by atomic mass is 16.8. The van der Waals surface area contributed by atoms with E-state index in [1.165, 1.54) is 18.1 Å². The second-order valence-corrected chi connectivity index (χ2v) is 25.9. The molecule has 82 heavy (non-hydrogen) atoms. The number of aliphatic hydroxyl groups excluding tert-OH is 15. The third kappa shape index (κ3) is 10.2. The van der Waals surface area contributed by atoms with Crippen molar-refractivity contribution in [3.63, 3.8) is 0 Å². The summed E-state index contributed by atoms with van der Waals surface area (Å²) in [5.74, 6) is -0.121. The number of hydrogen-bond acceptors (Lipinski definition) is 27. The van der Waals surface area contributed by atoms with E-state index in [1.54, 1.807) is 0 Å². The van der Waals surface area contributed by atoms with Crippen molar-refractivity contribution in [1.29, 1.82) is 0 Å². The summed E-state index contributed by atoms with van der Waals surface area (Å²) in [5, 5.41) is 164. The summed E-state index contributed by atoms with van der Waals surface area (Å²) in [6.45, 7) is 9.02. The fourth-order valence-electron chi connectivity index (χ4n) is 16.5. The van der Waals surface area contributed by atoms with E-state index in [1.807, 2.05) is 6.92 Å². The van der Waals surface area contributed by atoms with Gasteiger partial charge in [-0.3, -0.25) is 4.79 Å². The summed E-state index contributed by atoms with van der Waals surface area (Å²) in [5.41, 5.74) is 0.619. The minimum atomic E-state index is -2.05. The van der Waals surface area contributed by atoms with Gasteiger partial charge in [-0.1, -0.05) is 45.8 Å². The molecule has 10 rings (SSSR count). The lowest BCUT2D eigenvalue weighted by atomic mass is 9.42. The molecule has 27 nitrogen and oxygen atoms in total. The molecular formula is C55H88O27. The van der Waals surface area contributed by atoms with Crippen molar-refractivity contribution in [2.45, 2.75) is 258 Å². The van der Waals surface area contributed by atoms with Crippen molar-refractivity contribution in [3.05, 3.63) is 11.1 Å². The number of allylic oxidation sites excluding steroid dienone is 2. The van der Waals surface area contributed by atoms with E-state index in [0.717, 1.165) is 38.5 Å². The maximum absolute atomic E-state index is 12.8. The Labute approximate surface area is 474 Å². The summed E-state index contributed by atoms with van der Waals surface area (Å²) in [7, 11) is 0. The van der Waals surface area contributed by atoms with Gasteiger partial charge in [0.25, 0.3) is 0 Å². The molecule has 15 N–H and O–H groups in total. The van der Waals surface area contributed by atoms with Crippen LogP contribution < -0.4 is 0 Å². The van der Waals surface area contributed by atoms with Crippen LogP contribution in [0, 0.1) is 33.5 Å². The molecule has 1 spiro atoms. The number of ether oxygens (including phenoxy) is 11. The van der Waals surface area contributed by atoms with Gasteiger partial charge < -0.3 is 129 Å². The van der Waals surface area contributed by atoms with Crippen LogP contribution >= 0.6 is 0 Å². The SMILES string of the molecule is CC1OC(OC2C(OC3C(OCC4OC(OC5CCC6(C)C7=C(CCC6C5(C)CO)C5(C)CCC6(OC(=O)CC6C)C5(C)CC7)C(O)C(O)C4O)OCC(O)C3O)OC(CO)C(O)C2OC2OC(CO)C(O)C(O)C2O)C(O)C(O)C1O. The topological polar surface area (TPSA) is 422 Å². The molecule has 8 fully saturated rings. The van der Waals surface area contributed by atoms with E-state index in [4.69, 9.17) is 52.1 Å². The minimum absolute atomic E-state index is 0.0847. The number of aliphatic hydroxyl groups is 15. The highest BCUT2D eigenvalue weighted by molar-refractivity contribution is 5.73. The minimum Gasteiger partial charge on any atom is -0.458 e. The van der Waals surface area contributed by atoms with E-state index < -0.39 is 191 Å². The van der Waals surface area contributed by atoms with E-state index in [-0.39, 0.29) is 40.7 Å². The first-order valence-corrected chi connectivity index (χ1v) is 29.1. The molecule has 470 valence electrons. The first-order valence-electron chi connectivity index (χ1n) is 29.1. The molecular weight excluding hydrogens is 1090 g/mol. The molecule has 0 aromatic carbocycles. The van der Waals surface area contributed by atoms with E-state index >= 15 is 0 Å². The molecule has 27 heteroatoms. The lowest BCUT2D eigenvalue weighted by molar-refractivity contribution is -0.406. The Morgan fingerprint density at radius 2 is 1.11 bits per heavy atom. The predicted octanol–water partition coefficient (Wildman–Crippen LogP) is -4.44. The number of hydrogen-bond donors (Lipinski definition) is 15. The zero-order chi connectivity index (χ0) is 59.5. The molecule has 0 aromatic rings. The maximum Gasteiger partial charge on any atom is 0.306 e. The van der Waals surface area contributed by atoms with Gasteiger partial charge >= 0.3 is 5.97 Å². The van der Waals surface area contributed by atoms with Crippen LogP contribution in [0.1, 0.15) is 99.3 Å². The summed E-state index contributed by atoms with van der Waals surface area (Å²) >= 11 is 0. The van der Waals surface area contributed by atoms with Crippen molar-refractivity contribution < 1.29 is 133 Å². The summed E-state index contributed by atoms with van der Waals surface area (Å²) in [6, 6.07) is 0. The van der Waals surface area contributed by atoms with Gasteiger partial charge in [0.1, 0.15) is 115 Å². The smallest absolute Gasteiger partial charge is 0.306 e. The Hall–Kier alpha value is -1.79. The van der Waals surface area contributed by atoms with Crippen molar-refractivity contribution in [2.24, 2.45) is 33.5 Å². The fourth-order valence-corrected chi connectivity index (χ4v) is 16.5. The Balaban J connectivity index is 0.862. The fraction of sp³-hybridized carbons (Fsp3) is 0.945. The van der Waals surface area contributed by atoms with Crippen LogP contribution in [-0.2, 0) is 56.9 Å². The molecule has 10 aliphatic rings. The lowest BCUT2D eigenvalue weighted by Crippen LogP contribution is -2.68. The molecule has 0 aromatic heterocycles. The van der Waals surface area contributed by atoms with Crippen molar-refractivity contribution in [2.75, 3.05) is 33.0 Å². The van der Waals surface area contributed by atoms with Gasteiger partial charge in [-0.25, -0.2) is 0 Å². The van der Waals surface area contributed by atoms with Crippen molar-refractivity contribution in [1.82, 2.24) is 0 Å². The van der Waals surface area contributed by atoms with Gasteiger partial charge in [0.05, 0.1) is 51.7 Å². The molecule has 6 heterocycles. The van der Waals surface area contributed by atoms with Crippen LogP contribution in [0.15, 0.2) is 11.1 Å². The second kappa shape index (κ2) is 23.6. The molecule has 6 aliphatic heterocycles. The third-order valence-corrected chi connectivity index (χ3v) is 21.7. The Bertz CT molecular complexity index is 2280. The van der Waals surface area contributed by atoms with Gasteiger partial charge in [-0.2, -0.15) is 0 Å². The van der Waals surface area contributed by atoms with Gasteiger partial charge in [0.15, 0.2) is 31.5 Å². The van der Waals surface area contributed by atoms with Crippen LogP contribution in [0.5, 0.6) is 0 Å². The molecule has 32 atom stereocenters. The van der Waals surface area contributed by atoms with Crippen LogP contribution in [-0.4, -0.2) is 275 Å². The van der Waals surface area contributed by atoms with Gasteiger partial charge in [0, 0.05) is 16.7 Å². The number of rotatable bonds is 14. The first kappa shape index (κ1) is 63.2. The average molecular weight is 1180 g/mol. The largest absolute Gasteiger partial charge is 0.458 e. The number of esters is 1. The van der Waals surface area contributed by atoms with E-state index in [0.29, 0.717) is 19.3 Å². The third-order valence-electron chi connectivity index (χ3n) is 21.7. The molecule has 4 aliphatic carbocycles. The zero-order valence-electron chi connectivity index (χ0n) is 47.1. The lowest BCUT2D eigenvalue weighted by Gasteiger charge is -2.63. The predicted molar refractivity (Wildman–Crippen MR) is 271 cm³/mol. The summed E-state index contributed by atoms with van der Waals surface area (Å²) in [4.78, 5) is 12.8. The quantitative estimate of drug-likeness (QED) is 0.0576. The highest BCUT2D eigenvalue weighted by Gasteiger charge is 2.73.